The summed E-state index contributed by atoms with van der Waals surface area (Å²) in [5.74, 6) is -0.620. The fourth-order valence-electron chi connectivity index (χ4n) is 2.51. The van der Waals surface area contributed by atoms with E-state index in [1.54, 1.807) is 4.90 Å². The number of quaternary nitrogens is 1. The van der Waals surface area contributed by atoms with Crippen LogP contribution in [0.3, 0.4) is 0 Å². The number of anilines is 2. The number of benzene rings is 1. The lowest BCUT2D eigenvalue weighted by molar-refractivity contribution is -0.839. The van der Waals surface area contributed by atoms with Crippen molar-refractivity contribution in [1.82, 2.24) is 0 Å². The molecule has 6 nitrogen and oxygen atoms in total. The summed E-state index contributed by atoms with van der Waals surface area (Å²) in [4.78, 5) is 14.1. The molecule has 2 rings (SSSR count). The van der Waals surface area contributed by atoms with E-state index in [4.69, 9.17) is 10.5 Å². The highest BCUT2D eigenvalue weighted by Gasteiger charge is 2.40. The van der Waals surface area contributed by atoms with Gasteiger partial charge < -0.3 is 20.5 Å². The number of hydrogen-bond acceptors (Lipinski definition) is 5. The molecule has 1 fully saturated rings. The molecule has 0 aliphatic carbocycles. The van der Waals surface area contributed by atoms with Gasteiger partial charge in [-0.15, -0.1) is 0 Å². The molecule has 0 saturated carbocycles. The average Bonchev–Trinajstić information content (AvgIpc) is 2.42. The summed E-state index contributed by atoms with van der Waals surface area (Å²) in [6.45, 7) is 7.46. The number of phenols is 1. The van der Waals surface area contributed by atoms with Crippen LogP contribution < -0.4 is 10.6 Å². The van der Waals surface area contributed by atoms with Crippen molar-refractivity contribution in [3.63, 3.8) is 0 Å². The lowest BCUT2D eigenvalue weighted by atomic mass is 10.2. The Balaban J connectivity index is 2.09. The highest BCUT2D eigenvalue weighted by Crippen LogP contribution is 2.31. The van der Waals surface area contributed by atoms with Crippen LogP contribution >= 0.6 is 0 Å². The van der Waals surface area contributed by atoms with E-state index in [9.17, 15) is 14.3 Å². The summed E-state index contributed by atoms with van der Waals surface area (Å²) in [5.41, 5.74) is 5.26. The lowest BCUT2D eigenvalue weighted by Gasteiger charge is -2.40. The molecule has 128 valence electrons. The number of amides is 1. The standard InChI is InChI=1S/C16H24FN3O3/c1-16(2,3)23-15(22)20(4)7-5-19(6-8-20)13-10-14(21)12(18)9-11(13)17/h9-10H,5-8,18H2,1-4H3/p+1. The number of hydrogen-bond donors (Lipinski definition) is 2. The van der Waals surface area contributed by atoms with Crippen LogP contribution in [0.5, 0.6) is 5.75 Å². The maximum Gasteiger partial charge on any atom is 0.516 e. The van der Waals surface area contributed by atoms with Crippen LogP contribution in [-0.4, -0.2) is 54.5 Å². The molecule has 1 heterocycles. The normalized spacial score (nSPS) is 17.9. The molecule has 1 aromatic carbocycles. The van der Waals surface area contributed by atoms with Gasteiger partial charge in [-0.3, -0.25) is 0 Å². The van der Waals surface area contributed by atoms with E-state index in [1.165, 1.54) is 6.07 Å². The van der Waals surface area contributed by atoms with E-state index >= 15 is 0 Å². The molecule has 3 N–H and O–H groups in total. The number of rotatable bonds is 1. The highest BCUT2D eigenvalue weighted by molar-refractivity contribution is 5.63. The minimum absolute atomic E-state index is 0.0117. The van der Waals surface area contributed by atoms with E-state index in [2.05, 4.69) is 0 Å². The van der Waals surface area contributed by atoms with Gasteiger partial charge in [0.2, 0.25) is 0 Å². The fourth-order valence-corrected chi connectivity index (χ4v) is 2.51. The van der Waals surface area contributed by atoms with E-state index in [-0.39, 0.29) is 22.0 Å². The van der Waals surface area contributed by atoms with E-state index in [0.29, 0.717) is 31.9 Å². The summed E-state index contributed by atoms with van der Waals surface area (Å²) >= 11 is 0. The second-order valence-electron chi connectivity index (χ2n) is 7.17. The van der Waals surface area contributed by atoms with Gasteiger partial charge in [-0.25, -0.2) is 8.87 Å². The first-order valence-electron chi connectivity index (χ1n) is 7.63. The molecular formula is C16H25FN3O3+. The molecule has 1 aliphatic heterocycles. The molecular weight excluding hydrogens is 301 g/mol. The first-order chi connectivity index (χ1) is 10.5. The number of likely N-dealkylation sites (N-methyl/N-ethyl adjacent to an activating group) is 1. The Kier molecular flexibility index (Phi) is 4.43. The van der Waals surface area contributed by atoms with Gasteiger partial charge in [0.25, 0.3) is 0 Å². The Labute approximate surface area is 135 Å². The van der Waals surface area contributed by atoms with Gasteiger partial charge in [-0.05, 0) is 20.8 Å². The Morgan fingerprint density at radius 2 is 1.91 bits per heavy atom. The zero-order chi connectivity index (χ0) is 17.4. The quantitative estimate of drug-likeness (QED) is 0.470. The number of piperazine rings is 1. The third-order valence-corrected chi connectivity index (χ3v) is 4.00. The Morgan fingerprint density at radius 1 is 1.35 bits per heavy atom. The van der Waals surface area contributed by atoms with Crippen LogP contribution in [0, 0.1) is 5.82 Å². The third-order valence-electron chi connectivity index (χ3n) is 4.00. The van der Waals surface area contributed by atoms with E-state index < -0.39 is 11.4 Å². The van der Waals surface area contributed by atoms with Crippen molar-refractivity contribution in [1.29, 1.82) is 0 Å². The first-order valence-corrected chi connectivity index (χ1v) is 7.63. The maximum absolute atomic E-state index is 14.1. The third kappa shape index (κ3) is 3.85. The number of halogens is 1. The molecule has 0 atom stereocenters. The van der Waals surface area contributed by atoms with Crippen LogP contribution in [0.15, 0.2) is 12.1 Å². The molecule has 0 bridgehead atoms. The Bertz CT molecular complexity index is 605. The largest absolute Gasteiger partial charge is 0.516 e. The summed E-state index contributed by atoms with van der Waals surface area (Å²) in [7, 11) is 1.82. The van der Waals surface area contributed by atoms with Crippen molar-refractivity contribution in [2.24, 2.45) is 0 Å². The molecule has 1 saturated heterocycles. The molecule has 0 unspecified atom stereocenters. The van der Waals surface area contributed by atoms with Crippen molar-refractivity contribution in [3.05, 3.63) is 17.9 Å². The smallest absolute Gasteiger partial charge is 0.506 e. The zero-order valence-electron chi connectivity index (χ0n) is 14.1. The molecule has 0 spiro atoms. The Hall–Kier alpha value is -2.02. The monoisotopic (exact) mass is 326 g/mol. The van der Waals surface area contributed by atoms with E-state index in [0.717, 1.165) is 6.07 Å². The minimum atomic E-state index is -0.537. The maximum atomic E-state index is 14.1. The van der Waals surface area contributed by atoms with Gasteiger partial charge in [-0.2, -0.15) is 4.79 Å². The van der Waals surface area contributed by atoms with Crippen LogP contribution in [0.4, 0.5) is 20.6 Å². The second-order valence-corrected chi connectivity index (χ2v) is 7.17. The summed E-state index contributed by atoms with van der Waals surface area (Å²) in [5, 5.41) is 9.68. The first kappa shape index (κ1) is 17.3. The molecule has 23 heavy (non-hydrogen) atoms. The molecule has 1 amide bonds. The summed E-state index contributed by atoms with van der Waals surface area (Å²) in [6.07, 6.45) is -0.280. The molecule has 7 heteroatoms. The van der Waals surface area contributed by atoms with Gasteiger partial charge in [0.1, 0.15) is 30.3 Å². The van der Waals surface area contributed by atoms with Crippen molar-refractivity contribution >= 4 is 17.5 Å². The van der Waals surface area contributed by atoms with Gasteiger partial charge in [0, 0.05) is 12.1 Å². The summed E-state index contributed by atoms with van der Waals surface area (Å²) < 4.78 is 19.7. The average molecular weight is 326 g/mol. The highest BCUT2D eigenvalue weighted by atomic mass is 19.1. The predicted octanol–water partition coefficient (Wildman–Crippen LogP) is 2.32. The topological polar surface area (TPSA) is 75.8 Å². The lowest BCUT2D eigenvalue weighted by Crippen LogP contribution is -2.61. The predicted molar refractivity (Wildman–Crippen MR) is 86.8 cm³/mol. The number of nitrogens with zero attached hydrogens (tertiary/aromatic N) is 2. The van der Waals surface area contributed by atoms with Crippen molar-refractivity contribution in [3.8, 4) is 5.75 Å². The summed E-state index contributed by atoms with van der Waals surface area (Å²) in [6, 6.07) is 2.44. The number of ether oxygens (including phenoxy) is 1. The molecule has 0 aromatic heterocycles. The number of nitrogens with two attached hydrogens (primary N) is 1. The van der Waals surface area contributed by atoms with Gasteiger partial charge in [0.05, 0.1) is 31.5 Å². The number of aromatic hydroxyl groups is 1. The van der Waals surface area contributed by atoms with Crippen LogP contribution in [0.1, 0.15) is 20.8 Å². The van der Waals surface area contributed by atoms with Gasteiger partial charge >= 0.3 is 6.09 Å². The van der Waals surface area contributed by atoms with Crippen molar-refractivity contribution in [2.45, 2.75) is 26.4 Å². The van der Waals surface area contributed by atoms with Crippen LogP contribution in [-0.2, 0) is 4.74 Å². The SMILES string of the molecule is CC(C)(C)OC(=O)[N+]1(C)CCN(c2cc(O)c(N)cc2F)CC1. The molecule has 1 aromatic rings. The zero-order valence-corrected chi connectivity index (χ0v) is 14.1. The number of carbonyl (C=O) groups is 1. The van der Waals surface area contributed by atoms with Crippen molar-refractivity contribution in [2.75, 3.05) is 43.9 Å². The van der Waals surface area contributed by atoms with Crippen LogP contribution in [0.2, 0.25) is 0 Å². The molecule has 0 radical (unpaired) electrons. The van der Waals surface area contributed by atoms with Gasteiger partial charge in [0.15, 0.2) is 0 Å². The molecule has 1 aliphatic rings. The van der Waals surface area contributed by atoms with Gasteiger partial charge in [-0.1, -0.05) is 0 Å². The Morgan fingerprint density at radius 3 is 2.43 bits per heavy atom. The number of carbonyl (C=O) groups excluding carboxylic acids is 1. The number of phenolic OH excluding ortho intramolecular Hbond substituents is 1. The fraction of sp³-hybridized carbons (Fsp3) is 0.562. The van der Waals surface area contributed by atoms with Crippen LogP contribution in [0.25, 0.3) is 0 Å². The minimum Gasteiger partial charge on any atom is -0.506 e. The van der Waals surface area contributed by atoms with Crippen molar-refractivity contribution < 1.29 is 23.5 Å². The number of nitrogen functional groups attached to an aromatic ring is 1. The second kappa shape index (κ2) is 5.88. The van der Waals surface area contributed by atoms with E-state index in [1.807, 2.05) is 27.8 Å².